The van der Waals surface area contributed by atoms with Gasteiger partial charge in [0.05, 0.1) is 11.2 Å². The van der Waals surface area contributed by atoms with E-state index in [4.69, 9.17) is 39.5 Å². The molecule has 2 N–H and O–H groups in total. The van der Waals surface area contributed by atoms with Crippen molar-refractivity contribution in [2.45, 2.75) is 6.61 Å². The molecule has 158 valence electrons. The average Bonchev–Trinajstić information content (AvgIpc) is 2.74. The Hall–Kier alpha value is -3.06. The van der Waals surface area contributed by atoms with Crippen molar-refractivity contribution in [3.8, 4) is 5.75 Å². The fraction of sp³-hybridized carbons (Fsp3) is 0.0455. The van der Waals surface area contributed by atoms with Gasteiger partial charge in [-0.2, -0.15) is 5.10 Å². The van der Waals surface area contributed by atoms with Crippen LogP contribution in [0.2, 0.25) is 15.1 Å². The lowest BCUT2D eigenvalue weighted by molar-refractivity contribution is -0.136. The number of hydrazone groups is 1. The monoisotopic (exact) mass is 475 g/mol. The Balaban J connectivity index is 1.52. The van der Waals surface area contributed by atoms with E-state index >= 15 is 0 Å². The van der Waals surface area contributed by atoms with E-state index in [1.165, 1.54) is 12.3 Å². The van der Waals surface area contributed by atoms with Crippen molar-refractivity contribution in [2.24, 2.45) is 5.10 Å². The maximum atomic E-state index is 11.9. The highest BCUT2D eigenvalue weighted by Crippen LogP contribution is 2.26. The first-order valence-corrected chi connectivity index (χ1v) is 10.1. The average molecular weight is 477 g/mol. The lowest BCUT2D eigenvalue weighted by Gasteiger charge is -2.09. The summed E-state index contributed by atoms with van der Waals surface area (Å²) >= 11 is 18.0. The molecule has 0 fully saturated rings. The Morgan fingerprint density at radius 1 is 0.903 bits per heavy atom. The Bertz CT molecular complexity index is 1120. The van der Waals surface area contributed by atoms with Gasteiger partial charge in [0.25, 0.3) is 0 Å². The predicted octanol–water partition coefficient (Wildman–Crippen LogP) is 5.31. The fourth-order valence-electron chi connectivity index (χ4n) is 2.43. The number of carbonyl (C=O) groups is 2. The van der Waals surface area contributed by atoms with Gasteiger partial charge in [-0.15, -0.1) is 0 Å². The smallest absolute Gasteiger partial charge is 0.329 e. The molecule has 0 atom stereocenters. The van der Waals surface area contributed by atoms with Gasteiger partial charge in [-0.3, -0.25) is 9.59 Å². The van der Waals surface area contributed by atoms with Crippen LogP contribution in [0.3, 0.4) is 0 Å². The number of ether oxygens (including phenoxy) is 1. The summed E-state index contributed by atoms with van der Waals surface area (Å²) in [5, 5.41) is 7.66. The molecule has 0 heterocycles. The van der Waals surface area contributed by atoms with Gasteiger partial charge < -0.3 is 10.1 Å². The molecule has 0 bridgehead atoms. The quantitative estimate of drug-likeness (QED) is 0.287. The van der Waals surface area contributed by atoms with E-state index in [1.807, 2.05) is 12.1 Å². The van der Waals surface area contributed by atoms with Gasteiger partial charge in [-0.25, -0.2) is 5.43 Å². The maximum absolute atomic E-state index is 11.9. The molecule has 0 aliphatic heterocycles. The second-order valence-electron chi connectivity index (χ2n) is 6.27. The summed E-state index contributed by atoms with van der Waals surface area (Å²) in [5.41, 5.74) is 4.11. The van der Waals surface area contributed by atoms with E-state index in [0.29, 0.717) is 38.7 Å². The lowest BCUT2D eigenvalue weighted by atomic mass is 10.2. The minimum Gasteiger partial charge on any atom is -0.487 e. The summed E-state index contributed by atoms with van der Waals surface area (Å²) in [5.74, 6) is -1.30. The number of anilines is 1. The van der Waals surface area contributed by atoms with Gasteiger partial charge in [-0.1, -0.05) is 53.0 Å². The van der Waals surface area contributed by atoms with Gasteiger partial charge in [0.2, 0.25) is 0 Å². The van der Waals surface area contributed by atoms with Crippen LogP contribution in [0, 0.1) is 0 Å². The van der Waals surface area contributed by atoms with E-state index in [-0.39, 0.29) is 0 Å². The Morgan fingerprint density at radius 3 is 2.39 bits per heavy atom. The predicted molar refractivity (Wildman–Crippen MR) is 123 cm³/mol. The van der Waals surface area contributed by atoms with Crippen molar-refractivity contribution < 1.29 is 14.3 Å². The second-order valence-corrected chi connectivity index (χ2v) is 7.55. The number of halogens is 3. The minimum atomic E-state index is -0.926. The zero-order valence-electron chi connectivity index (χ0n) is 15.9. The molecule has 2 amide bonds. The number of carbonyl (C=O) groups excluding carboxylic acids is 2. The minimum absolute atomic E-state index is 0.335. The zero-order valence-corrected chi connectivity index (χ0v) is 18.2. The van der Waals surface area contributed by atoms with Crippen LogP contribution in [0.1, 0.15) is 11.1 Å². The first kappa shape index (κ1) is 22.6. The third-order valence-corrected chi connectivity index (χ3v) is 4.71. The summed E-state index contributed by atoms with van der Waals surface area (Å²) in [4.78, 5) is 23.7. The van der Waals surface area contributed by atoms with Crippen LogP contribution in [-0.4, -0.2) is 18.0 Å². The van der Waals surface area contributed by atoms with E-state index in [2.05, 4.69) is 15.8 Å². The van der Waals surface area contributed by atoms with Crippen molar-refractivity contribution in [1.29, 1.82) is 0 Å². The van der Waals surface area contributed by atoms with Crippen molar-refractivity contribution >= 4 is 58.5 Å². The number of amides is 2. The van der Waals surface area contributed by atoms with Gasteiger partial charge in [-0.05, 0) is 59.7 Å². The molecule has 3 aromatic rings. The van der Waals surface area contributed by atoms with Crippen LogP contribution in [0.5, 0.6) is 5.75 Å². The van der Waals surface area contributed by atoms with Gasteiger partial charge in [0.1, 0.15) is 12.4 Å². The molecule has 0 aromatic heterocycles. The van der Waals surface area contributed by atoms with Crippen LogP contribution >= 0.6 is 34.8 Å². The molecule has 0 spiro atoms. The summed E-state index contributed by atoms with van der Waals surface area (Å²) < 4.78 is 5.71. The van der Waals surface area contributed by atoms with Crippen LogP contribution in [0.15, 0.2) is 71.8 Å². The SMILES string of the molecule is O=C(N/N=C\c1ccc(OCc2ccc(Cl)cc2)c(Cl)c1)C(=O)Nc1cccc(Cl)c1. The van der Waals surface area contributed by atoms with Crippen molar-refractivity contribution in [1.82, 2.24) is 5.43 Å². The maximum Gasteiger partial charge on any atom is 0.329 e. The molecule has 9 heteroatoms. The molecule has 0 saturated heterocycles. The second kappa shape index (κ2) is 10.8. The van der Waals surface area contributed by atoms with Crippen LogP contribution in [0.4, 0.5) is 5.69 Å². The highest BCUT2D eigenvalue weighted by Gasteiger charge is 2.13. The highest BCUT2D eigenvalue weighted by molar-refractivity contribution is 6.39. The Labute approximate surface area is 193 Å². The van der Waals surface area contributed by atoms with E-state index in [1.54, 1.807) is 48.5 Å². The fourth-order valence-corrected chi connectivity index (χ4v) is 2.99. The van der Waals surface area contributed by atoms with Crippen LogP contribution < -0.4 is 15.5 Å². The number of hydrogen-bond donors (Lipinski definition) is 2. The topological polar surface area (TPSA) is 79.8 Å². The largest absolute Gasteiger partial charge is 0.487 e. The summed E-state index contributed by atoms with van der Waals surface area (Å²) in [6.45, 7) is 0.335. The molecule has 0 unspecified atom stereocenters. The molecule has 3 aromatic carbocycles. The number of hydrogen-bond acceptors (Lipinski definition) is 4. The van der Waals surface area contributed by atoms with E-state index in [9.17, 15) is 9.59 Å². The van der Waals surface area contributed by atoms with Gasteiger partial charge >= 0.3 is 11.8 Å². The molecular weight excluding hydrogens is 461 g/mol. The number of benzene rings is 3. The Kier molecular flexibility index (Phi) is 7.89. The molecule has 0 saturated carbocycles. The number of rotatable bonds is 6. The third-order valence-electron chi connectivity index (χ3n) is 3.93. The lowest BCUT2D eigenvalue weighted by Crippen LogP contribution is -2.32. The van der Waals surface area contributed by atoms with Gasteiger partial charge in [0.15, 0.2) is 0 Å². The van der Waals surface area contributed by atoms with Crippen LogP contribution in [-0.2, 0) is 16.2 Å². The van der Waals surface area contributed by atoms with Crippen molar-refractivity contribution in [3.05, 3.63) is 92.9 Å². The first-order valence-electron chi connectivity index (χ1n) is 8.97. The molecule has 0 aliphatic rings. The third kappa shape index (κ3) is 7.00. The standard InChI is InChI=1S/C22H16Cl3N3O3/c23-16-7-4-14(5-8-16)13-31-20-9-6-15(10-19(20)25)12-26-28-22(30)21(29)27-18-3-1-2-17(24)11-18/h1-12H,13H2,(H,27,29)(H,28,30)/b26-12-. The summed E-state index contributed by atoms with van der Waals surface area (Å²) in [7, 11) is 0. The van der Waals surface area contributed by atoms with Crippen LogP contribution in [0.25, 0.3) is 0 Å². The highest BCUT2D eigenvalue weighted by atomic mass is 35.5. The zero-order chi connectivity index (χ0) is 22.2. The van der Waals surface area contributed by atoms with Crippen molar-refractivity contribution in [3.63, 3.8) is 0 Å². The first-order chi connectivity index (χ1) is 14.9. The molecular formula is C22H16Cl3N3O3. The summed E-state index contributed by atoms with van der Waals surface area (Å²) in [6.07, 6.45) is 1.36. The molecule has 0 radical (unpaired) electrons. The van der Waals surface area contributed by atoms with Crippen molar-refractivity contribution in [2.75, 3.05) is 5.32 Å². The molecule has 31 heavy (non-hydrogen) atoms. The van der Waals surface area contributed by atoms with E-state index < -0.39 is 11.8 Å². The van der Waals surface area contributed by atoms with E-state index in [0.717, 1.165) is 5.56 Å². The number of nitrogens with zero attached hydrogens (tertiary/aromatic N) is 1. The normalized spacial score (nSPS) is 10.7. The molecule has 0 aliphatic carbocycles. The summed E-state index contributed by atoms with van der Waals surface area (Å²) in [6, 6.07) is 18.8. The molecule has 3 rings (SSSR count). The molecule has 6 nitrogen and oxygen atoms in total. The van der Waals surface area contributed by atoms with Gasteiger partial charge in [0, 0.05) is 15.7 Å². The Morgan fingerprint density at radius 2 is 1.68 bits per heavy atom. The number of nitrogens with one attached hydrogen (secondary N) is 2.